The molecule has 2 N–H and O–H groups in total. The molecule has 0 radical (unpaired) electrons. The minimum absolute atomic E-state index is 0.220. The molecule has 0 amide bonds. The van der Waals surface area contributed by atoms with Crippen molar-refractivity contribution >= 4 is 23.0 Å². The van der Waals surface area contributed by atoms with Crippen molar-refractivity contribution in [1.29, 1.82) is 0 Å². The zero-order valence-corrected chi connectivity index (χ0v) is 12.4. The van der Waals surface area contributed by atoms with Crippen LogP contribution in [0.4, 0.5) is 11.4 Å². The molecule has 1 heterocycles. The van der Waals surface area contributed by atoms with E-state index in [1.54, 1.807) is 0 Å². The van der Waals surface area contributed by atoms with Crippen molar-refractivity contribution in [1.82, 2.24) is 4.90 Å². The zero-order chi connectivity index (χ0) is 13.8. The molecule has 1 fully saturated rings. The predicted molar refractivity (Wildman–Crippen MR) is 81.0 cm³/mol. The molecule has 0 saturated carbocycles. The molecule has 2 rings (SSSR count). The van der Waals surface area contributed by atoms with Gasteiger partial charge in [0.1, 0.15) is 0 Å². The van der Waals surface area contributed by atoms with Gasteiger partial charge in [0.15, 0.2) is 0 Å². The van der Waals surface area contributed by atoms with E-state index >= 15 is 0 Å². The van der Waals surface area contributed by atoms with Crippen LogP contribution < -0.4 is 10.6 Å². The number of hydrogen-bond acceptors (Lipinski definition) is 4. The third kappa shape index (κ3) is 3.75. The van der Waals surface area contributed by atoms with Crippen molar-refractivity contribution in [3.63, 3.8) is 0 Å². The van der Waals surface area contributed by atoms with E-state index in [1.165, 1.54) is 0 Å². The first-order valence-electron chi connectivity index (χ1n) is 6.70. The maximum absolute atomic E-state index is 6.03. The van der Waals surface area contributed by atoms with E-state index in [0.29, 0.717) is 5.02 Å². The number of anilines is 2. The molecular weight excluding hydrogens is 262 g/mol. The summed E-state index contributed by atoms with van der Waals surface area (Å²) >= 11 is 6.03. The van der Waals surface area contributed by atoms with Crippen LogP contribution in [0.2, 0.25) is 5.02 Å². The lowest BCUT2D eigenvalue weighted by molar-refractivity contribution is -0.0216. The van der Waals surface area contributed by atoms with Gasteiger partial charge < -0.3 is 15.4 Å². The average molecular weight is 284 g/mol. The summed E-state index contributed by atoms with van der Waals surface area (Å²) in [6.45, 7) is 6.87. The third-order valence-corrected chi connectivity index (χ3v) is 3.79. The van der Waals surface area contributed by atoms with Gasteiger partial charge in [0.05, 0.1) is 24.1 Å². The molecule has 1 saturated heterocycles. The number of nitrogen functional groups attached to an aromatic ring is 1. The topological polar surface area (TPSA) is 41.7 Å². The highest BCUT2D eigenvalue weighted by Gasteiger charge is 2.21. The Kier molecular flexibility index (Phi) is 4.91. The van der Waals surface area contributed by atoms with Gasteiger partial charge in [-0.2, -0.15) is 0 Å². The molecular formula is C14H22ClN3O. The van der Waals surface area contributed by atoms with Gasteiger partial charge in [-0.05, 0) is 24.7 Å². The van der Waals surface area contributed by atoms with Crippen molar-refractivity contribution in [2.75, 3.05) is 50.5 Å². The van der Waals surface area contributed by atoms with Crippen molar-refractivity contribution in [3.05, 3.63) is 23.2 Å². The molecule has 1 aromatic rings. The number of ether oxygens (including phenoxy) is 1. The first kappa shape index (κ1) is 14.4. The number of nitrogens with two attached hydrogens (primary N) is 1. The van der Waals surface area contributed by atoms with E-state index in [2.05, 4.69) is 16.7 Å². The van der Waals surface area contributed by atoms with Crippen LogP contribution in [0.1, 0.15) is 6.92 Å². The lowest BCUT2D eigenvalue weighted by Gasteiger charge is -2.35. The molecule has 1 atom stereocenters. The summed E-state index contributed by atoms with van der Waals surface area (Å²) in [5, 5.41) is 0.704. The van der Waals surface area contributed by atoms with Gasteiger partial charge in [0, 0.05) is 31.7 Å². The Hall–Kier alpha value is -0.970. The largest absolute Gasteiger partial charge is 0.397 e. The number of morpholine rings is 1. The van der Waals surface area contributed by atoms with Crippen LogP contribution in [0.15, 0.2) is 18.2 Å². The molecule has 0 aliphatic carbocycles. The second-order valence-electron chi connectivity index (χ2n) is 4.97. The molecule has 1 aromatic carbocycles. The van der Waals surface area contributed by atoms with Gasteiger partial charge >= 0.3 is 0 Å². The lowest BCUT2D eigenvalue weighted by atomic mass is 10.2. The molecule has 0 aromatic heterocycles. The van der Waals surface area contributed by atoms with Crippen molar-refractivity contribution in [3.8, 4) is 0 Å². The standard InChI is InChI=1S/C14H22ClN3O/c1-3-18-6-7-19-12(10-18)9-17(2)14-8-11(15)4-5-13(14)16/h4-5,8,12H,3,6-7,9-10,16H2,1-2H3. The number of rotatable bonds is 4. The lowest BCUT2D eigenvalue weighted by Crippen LogP contribution is -2.46. The maximum Gasteiger partial charge on any atom is 0.0876 e. The predicted octanol–water partition coefficient (Wildman–Crippen LogP) is 2.08. The first-order chi connectivity index (χ1) is 9.10. The zero-order valence-electron chi connectivity index (χ0n) is 11.6. The molecule has 0 spiro atoms. The van der Waals surface area contributed by atoms with Gasteiger partial charge in [-0.1, -0.05) is 18.5 Å². The van der Waals surface area contributed by atoms with Crippen LogP contribution in [0.5, 0.6) is 0 Å². The van der Waals surface area contributed by atoms with Crippen LogP contribution in [-0.2, 0) is 4.74 Å². The number of benzene rings is 1. The van der Waals surface area contributed by atoms with Crippen molar-refractivity contribution in [2.45, 2.75) is 13.0 Å². The van der Waals surface area contributed by atoms with Crippen LogP contribution >= 0.6 is 11.6 Å². The van der Waals surface area contributed by atoms with E-state index in [9.17, 15) is 0 Å². The van der Waals surface area contributed by atoms with Crippen LogP contribution in [-0.4, -0.2) is 50.8 Å². The van der Waals surface area contributed by atoms with E-state index in [0.717, 1.165) is 44.2 Å². The van der Waals surface area contributed by atoms with E-state index in [1.807, 2.05) is 25.2 Å². The minimum atomic E-state index is 0.220. The molecule has 1 aliphatic heterocycles. The van der Waals surface area contributed by atoms with Crippen LogP contribution in [0.25, 0.3) is 0 Å². The van der Waals surface area contributed by atoms with Crippen LogP contribution in [0.3, 0.4) is 0 Å². The second kappa shape index (κ2) is 6.46. The fraction of sp³-hybridized carbons (Fsp3) is 0.571. The molecule has 5 heteroatoms. The minimum Gasteiger partial charge on any atom is -0.397 e. The molecule has 1 unspecified atom stereocenters. The fourth-order valence-corrected chi connectivity index (χ4v) is 2.60. The van der Waals surface area contributed by atoms with Gasteiger partial charge in [-0.25, -0.2) is 0 Å². The van der Waals surface area contributed by atoms with Crippen LogP contribution in [0, 0.1) is 0 Å². The summed E-state index contributed by atoms with van der Waals surface area (Å²) in [5.41, 5.74) is 7.71. The Bertz CT molecular complexity index is 427. The monoisotopic (exact) mass is 283 g/mol. The summed E-state index contributed by atoms with van der Waals surface area (Å²) < 4.78 is 5.82. The normalized spacial score (nSPS) is 20.5. The van der Waals surface area contributed by atoms with E-state index in [-0.39, 0.29) is 6.10 Å². The highest BCUT2D eigenvalue weighted by Crippen LogP contribution is 2.26. The highest BCUT2D eigenvalue weighted by atomic mass is 35.5. The Balaban J connectivity index is 2.00. The summed E-state index contributed by atoms with van der Waals surface area (Å²) in [4.78, 5) is 4.52. The Morgan fingerprint density at radius 1 is 1.53 bits per heavy atom. The molecule has 0 bridgehead atoms. The molecule has 106 valence electrons. The number of likely N-dealkylation sites (N-methyl/N-ethyl adjacent to an activating group) is 2. The Morgan fingerprint density at radius 2 is 2.32 bits per heavy atom. The van der Waals surface area contributed by atoms with Gasteiger partial charge in [0.2, 0.25) is 0 Å². The molecule has 1 aliphatic rings. The fourth-order valence-electron chi connectivity index (χ4n) is 2.43. The van der Waals surface area contributed by atoms with Gasteiger partial charge in [-0.15, -0.1) is 0 Å². The first-order valence-corrected chi connectivity index (χ1v) is 7.08. The molecule has 19 heavy (non-hydrogen) atoms. The van der Waals surface area contributed by atoms with Crippen molar-refractivity contribution < 1.29 is 4.74 Å². The number of halogens is 1. The Morgan fingerprint density at radius 3 is 3.05 bits per heavy atom. The quantitative estimate of drug-likeness (QED) is 0.859. The smallest absolute Gasteiger partial charge is 0.0876 e. The SMILES string of the molecule is CCN1CCOC(CN(C)c2cc(Cl)ccc2N)C1. The second-order valence-corrected chi connectivity index (χ2v) is 5.41. The van der Waals surface area contributed by atoms with E-state index in [4.69, 9.17) is 22.1 Å². The Labute approximate surface area is 120 Å². The maximum atomic E-state index is 6.03. The summed E-state index contributed by atoms with van der Waals surface area (Å²) in [6, 6.07) is 5.55. The highest BCUT2D eigenvalue weighted by molar-refractivity contribution is 6.31. The van der Waals surface area contributed by atoms with E-state index < -0.39 is 0 Å². The molecule has 4 nitrogen and oxygen atoms in total. The summed E-state index contributed by atoms with van der Waals surface area (Å²) in [5.74, 6) is 0. The van der Waals surface area contributed by atoms with Crippen molar-refractivity contribution in [2.24, 2.45) is 0 Å². The number of hydrogen-bond donors (Lipinski definition) is 1. The summed E-state index contributed by atoms with van der Waals surface area (Å²) in [7, 11) is 2.02. The van der Waals surface area contributed by atoms with Gasteiger partial charge in [0.25, 0.3) is 0 Å². The van der Waals surface area contributed by atoms with Gasteiger partial charge in [-0.3, -0.25) is 4.90 Å². The number of nitrogens with zero attached hydrogens (tertiary/aromatic N) is 2. The third-order valence-electron chi connectivity index (χ3n) is 3.55. The average Bonchev–Trinajstić information content (AvgIpc) is 2.41. The summed E-state index contributed by atoms with van der Waals surface area (Å²) in [6.07, 6.45) is 0.220.